The summed E-state index contributed by atoms with van der Waals surface area (Å²) in [6, 6.07) is 12.0. The van der Waals surface area contributed by atoms with Gasteiger partial charge in [0.2, 0.25) is 5.78 Å². The number of ketones is 1. The molecule has 2 rings (SSSR count). The van der Waals surface area contributed by atoms with E-state index < -0.39 is 0 Å². The molecule has 84 valence electrons. The SMILES string of the molecule is O=C(/C(=N/O)c1ccccc1)c1ccncc1. The average molecular weight is 226 g/mol. The summed E-state index contributed by atoms with van der Waals surface area (Å²) in [5, 5.41) is 12.0. The third-order valence-electron chi connectivity index (χ3n) is 2.30. The molecule has 0 saturated carbocycles. The van der Waals surface area contributed by atoms with E-state index in [-0.39, 0.29) is 11.5 Å². The van der Waals surface area contributed by atoms with Crippen molar-refractivity contribution in [3.8, 4) is 0 Å². The molecule has 4 heteroatoms. The fourth-order valence-corrected chi connectivity index (χ4v) is 1.47. The van der Waals surface area contributed by atoms with Crippen LogP contribution in [0.2, 0.25) is 0 Å². The average Bonchev–Trinajstić information content (AvgIpc) is 2.42. The number of carbonyl (C=O) groups excluding carboxylic acids is 1. The van der Waals surface area contributed by atoms with E-state index in [1.54, 1.807) is 36.4 Å². The van der Waals surface area contributed by atoms with Crippen LogP contribution >= 0.6 is 0 Å². The molecule has 4 nitrogen and oxygen atoms in total. The zero-order valence-electron chi connectivity index (χ0n) is 8.95. The third-order valence-corrected chi connectivity index (χ3v) is 2.30. The number of pyridine rings is 1. The van der Waals surface area contributed by atoms with Gasteiger partial charge < -0.3 is 5.21 Å². The summed E-state index contributed by atoms with van der Waals surface area (Å²) in [5.74, 6) is -0.332. The predicted molar refractivity (Wildman–Crippen MR) is 63.3 cm³/mol. The van der Waals surface area contributed by atoms with Crippen LogP contribution in [0.25, 0.3) is 0 Å². The fourth-order valence-electron chi connectivity index (χ4n) is 1.47. The quantitative estimate of drug-likeness (QED) is 0.377. The normalized spacial score (nSPS) is 11.2. The molecule has 1 aromatic heterocycles. The van der Waals surface area contributed by atoms with Gasteiger partial charge in [0.25, 0.3) is 0 Å². The van der Waals surface area contributed by atoms with Crippen LogP contribution in [0, 0.1) is 0 Å². The Balaban J connectivity index is 2.37. The van der Waals surface area contributed by atoms with E-state index in [4.69, 9.17) is 5.21 Å². The molecular weight excluding hydrogens is 216 g/mol. The van der Waals surface area contributed by atoms with Crippen LogP contribution in [0.1, 0.15) is 15.9 Å². The van der Waals surface area contributed by atoms with E-state index >= 15 is 0 Å². The first-order chi connectivity index (χ1) is 8.33. The maximum atomic E-state index is 12.1. The minimum absolute atomic E-state index is 0.0248. The maximum absolute atomic E-state index is 12.1. The van der Waals surface area contributed by atoms with Gasteiger partial charge in [0.05, 0.1) is 0 Å². The largest absolute Gasteiger partial charge is 0.410 e. The molecule has 0 aliphatic heterocycles. The van der Waals surface area contributed by atoms with Gasteiger partial charge in [0, 0.05) is 23.5 Å². The minimum atomic E-state index is -0.332. The molecule has 0 amide bonds. The van der Waals surface area contributed by atoms with Crippen molar-refractivity contribution in [3.63, 3.8) is 0 Å². The summed E-state index contributed by atoms with van der Waals surface area (Å²) in [6.07, 6.45) is 3.04. The molecule has 0 unspecified atom stereocenters. The molecule has 0 aliphatic carbocycles. The van der Waals surface area contributed by atoms with Crippen molar-refractivity contribution in [2.24, 2.45) is 5.16 Å². The number of carbonyl (C=O) groups is 1. The number of Topliss-reactive ketones (excluding diaryl/α,β-unsaturated/α-hetero) is 1. The van der Waals surface area contributed by atoms with Gasteiger partial charge in [0.1, 0.15) is 0 Å². The van der Waals surface area contributed by atoms with Crippen molar-refractivity contribution in [1.29, 1.82) is 0 Å². The molecule has 1 heterocycles. The summed E-state index contributed by atoms with van der Waals surface area (Å²) in [6.45, 7) is 0. The highest BCUT2D eigenvalue weighted by molar-refractivity contribution is 6.51. The van der Waals surface area contributed by atoms with E-state index in [2.05, 4.69) is 10.1 Å². The molecule has 1 N–H and O–H groups in total. The number of hydrogen-bond donors (Lipinski definition) is 1. The first-order valence-corrected chi connectivity index (χ1v) is 5.05. The van der Waals surface area contributed by atoms with Crippen molar-refractivity contribution in [3.05, 3.63) is 66.0 Å². The highest BCUT2D eigenvalue weighted by atomic mass is 16.4. The van der Waals surface area contributed by atoms with Gasteiger partial charge in [-0.3, -0.25) is 9.78 Å². The first-order valence-electron chi connectivity index (χ1n) is 5.05. The van der Waals surface area contributed by atoms with Gasteiger partial charge in [0.15, 0.2) is 5.71 Å². The third kappa shape index (κ3) is 2.36. The van der Waals surface area contributed by atoms with E-state index in [1.165, 1.54) is 12.4 Å². The predicted octanol–water partition coefficient (Wildman–Crippen LogP) is 2.14. The van der Waals surface area contributed by atoms with Crippen LogP contribution in [-0.4, -0.2) is 21.7 Å². The van der Waals surface area contributed by atoms with Gasteiger partial charge in [-0.1, -0.05) is 35.5 Å². The molecule has 0 aliphatic rings. The zero-order valence-corrected chi connectivity index (χ0v) is 8.95. The van der Waals surface area contributed by atoms with Gasteiger partial charge in [-0.05, 0) is 12.1 Å². The van der Waals surface area contributed by atoms with Gasteiger partial charge >= 0.3 is 0 Å². The Morgan fingerprint density at radius 2 is 1.65 bits per heavy atom. The highest BCUT2D eigenvalue weighted by Gasteiger charge is 2.16. The molecule has 17 heavy (non-hydrogen) atoms. The molecule has 0 fully saturated rings. The van der Waals surface area contributed by atoms with Gasteiger partial charge in [-0.15, -0.1) is 0 Å². The van der Waals surface area contributed by atoms with Crippen molar-refractivity contribution in [2.45, 2.75) is 0 Å². The Bertz CT molecular complexity index is 536. The Labute approximate surface area is 98.2 Å². The maximum Gasteiger partial charge on any atom is 0.215 e. The Hall–Kier alpha value is -2.49. The fraction of sp³-hybridized carbons (Fsp3) is 0. The second kappa shape index (κ2) is 5.03. The van der Waals surface area contributed by atoms with Gasteiger partial charge in [-0.2, -0.15) is 0 Å². The number of nitrogens with zero attached hydrogens (tertiary/aromatic N) is 2. The number of benzene rings is 1. The second-order valence-corrected chi connectivity index (χ2v) is 3.38. The van der Waals surface area contributed by atoms with Crippen molar-refractivity contribution >= 4 is 11.5 Å². The Morgan fingerprint density at radius 3 is 2.24 bits per heavy atom. The van der Waals surface area contributed by atoms with E-state index in [0.717, 1.165) is 0 Å². The molecule has 0 atom stereocenters. The Kier molecular flexibility index (Phi) is 3.25. The van der Waals surface area contributed by atoms with Crippen LogP contribution in [0.15, 0.2) is 60.0 Å². The summed E-state index contributed by atoms with van der Waals surface area (Å²) >= 11 is 0. The lowest BCUT2D eigenvalue weighted by molar-refractivity contribution is 0.106. The zero-order chi connectivity index (χ0) is 12.1. The number of hydrogen-bond acceptors (Lipinski definition) is 4. The Morgan fingerprint density at radius 1 is 1.00 bits per heavy atom. The van der Waals surface area contributed by atoms with Crippen LogP contribution in [0.4, 0.5) is 0 Å². The smallest absolute Gasteiger partial charge is 0.215 e. The van der Waals surface area contributed by atoms with Crippen molar-refractivity contribution in [1.82, 2.24) is 4.98 Å². The second-order valence-electron chi connectivity index (χ2n) is 3.38. The lowest BCUT2D eigenvalue weighted by Crippen LogP contribution is -2.15. The van der Waals surface area contributed by atoms with Crippen LogP contribution < -0.4 is 0 Å². The summed E-state index contributed by atoms with van der Waals surface area (Å²) in [5.41, 5.74) is 1.05. The van der Waals surface area contributed by atoms with Crippen LogP contribution in [0.3, 0.4) is 0 Å². The van der Waals surface area contributed by atoms with E-state index in [1.807, 2.05) is 6.07 Å². The van der Waals surface area contributed by atoms with Crippen LogP contribution in [-0.2, 0) is 0 Å². The number of rotatable bonds is 3. The molecule has 0 saturated heterocycles. The standard InChI is InChI=1S/C13H10N2O2/c16-13(11-6-8-14-9-7-11)12(15-17)10-4-2-1-3-5-10/h1-9,17H/b15-12+. The van der Waals surface area contributed by atoms with E-state index in [0.29, 0.717) is 11.1 Å². The topological polar surface area (TPSA) is 62.5 Å². The molecule has 1 aromatic carbocycles. The monoisotopic (exact) mass is 226 g/mol. The lowest BCUT2D eigenvalue weighted by Gasteiger charge is -2.03. The minimum Gasteiger partial charge on any atom is -0.410 e. The molecular formula is C13H10N2O2. The van der Waals surface area contributed by atoms with Crippen molar-refractivity contribution < 1.29 is 10.0 Å². The lowest BCUT2D eigenvalue weighted by atomic mass is 10.0. The molecule has 0 radical (unpaired) electrons. The first kappa shape index (κ1) is 11.0. The van der Waals surface area contributed by atoms with Crippen LogP contribution in [0.5, 0.6) is 0 Å². The summed E-state index contributed by atoms with van der Waals surface area (Å²) < 4.78 is 0. The number of aromatic nitrogens is 1. The summed E-state index contributed by atoms with van der Waals surface area (Å²) in [4.78, 5) is 15.9. The highest BCUT2D eigenvalue weighted by Crippen LogP contribution is 2.07. The molecule has 0 spiro atoms. The van der Waals surface area contributed by atoms with Gasteiger partial charge in [-0.25, -0.2) is 0 Å². The summed E-state index contributed by atoms with van der Waals surface area (Å²) in [7, 11) is 0. The molecule has 2 aromatic rings. The van der Waals surface area contributed by atoms with Crippen molar-refractivity contribution in [2.75, 3.05) is 0 Å². The molecule has 0 bridgehead atoms. The number of oxime groups is 1. The van der Waals surface area contributed by atoms with E-state index in [9.17, 15) is 4.79 Å².